The Kier molecular flexibility index (Phi) is 6.35. The molecule has 1 heterocycles. The van der Waals surface area contributed by atoms with Crippen LogP contribution >= 0.6 is 34.9 Å². The summed E-state index contributed by atoms with van der Waals surface area (Å²) in [5, 5.41) is 8.29. The molecule has 0 fully saturated rings. The van der Waals surface area contributed by atoms with E-state index in [9.17, 15) is 0 Å². The van der Waals surface area contributed by atoms with E-state index in [-0.39, 0.29) is 6.04 Å². The summed E-state index contributed by atoms with van der Waals surface area (Å²) in [5.74, 6) is 1.72. The molecule has 1 atom stereocenters. The number of thioether (sulfide) groups is 2. The van der Waals surface area contributed by atoms with E-state index < -0.39 is 0 Å². The van der Waals surface area contributed by atoms with Gasteiger partial charge in [-0.05, 0) is 37.8 Å². The Hall–Kier alpha value is -0.760. The van der Waals surface area contributed by atoms with Crippen LogP contribution in [0.4, 0.5) is 0 Å². The number of nitrogens with zero attached hydrogens (tertiary/aromatic N) is 2. The van der Waals surface area contributed by atoms with E-state index in [4.69, 9.17) is 10.5 Å². The van der Waals surface area contributed by atoms with Crippen molar-refractivity contribution in [3.8, 4) is 5.75 Å². The molecule has 0 amide bonds. The highest BCUT2D eigenvalue weighted by atomic mass is 32.2. The maximum atomic E-state index is 5.96. The highest BCUT2D eigenvalue weighted by molar-refractivity contribution is 8.02. The fourth-order valence-corrected chi connectivity index (χ4v) is 4.19. The summed E-state index contributed by atoms with van der Waals surface area (Å²) >= 11 is 4.92. The topological polar surface area (TPSA) is 61.0 Å². The Balaban J connectivity index is 2.13. The molecule has 0 aliphatic rings. The first kappa shape index (κ1) is 16.6. The summed E-state index contributed by atoms with van der Waals surface area (Å²) in [6, 6.07) is 6.18. The smallest absolute Gasteiger partial charge is 0.175 e. The number of benzene rings is 1. The lowest BCUT2D eigenvalue weighted by Gasteiger charge is -2.13. The van der Waals surface area contributed by atoms with Gasteiger partial charge in [-0.3, -0.25) is 0 Å². The predicted octanol–water partition coefficient (Wildman–Crippen LogP) is 3.97. The molecular weight excluding hydrogens is 322 g/mol. The van der Waals surface area contributed by atoms with Crippen LogP contribution in [0.15, 0.2) is 26.9 Å². The molecule has 0 aliphatic carbocycles. The fraction of sp³-hybridized carbons (Fsp3) is 0.429. The van der Waals surface area contributed by atoms with Crippen molar-refractivity contribution < 1.29 is 4.74 Å². The van der Waals surface area contributed by atoms with Gasteiger partial charge in [0.1, 0.15) is 5.75 Å². The van der Waals surface area contributed by atoms with E-state index in [1.54, 1.807) is 34.9 Å². The number of hydrogen-bond donors (Lipinski definition) is 1. The Morgan fingerprint density at radius 2 is 2.10 bits per heavy atom. The quantitative estimate of drug-likeness (QED) is 0.769. The largest absolute Gasteiger partial charge is 0.494 e. The zero-order valence-electron chi connectivity index (χ0n) is 12.3. The average molecular weight is 342 g/mol. The van der Waals surface area contributed by atoms with Crippen LogP contribution in [0, 0.1) is 0 Å². The van der Waals surface area contributed by atoms with Gasteiger partial charge in [0, 0.05) is 17.4 Å². The van der Waals surface area contributed by atoms with Gasteiger partial charge in [0.05, 0.1) is 6.61 Å². The van der Waals surface area contributed by atoms with Crippen LogP contribution in [0.3, 0.4) is 0 Å². The highest BCUT2D eigenvalue weighted by Gasteiger charge is 2.10. The number of nitrogens with two attached hydrogens (primary N) is 1. The molecule has 0 saturated heterocycles. The Labute approximate surface area is 137 Å². The number of rotatable bonds is 7. The van der Waals surface area contributed by atoms with Gasteiger partial charge < -0.3 is 10.5 Å². The van der Waals surface area contributed by atoms with E-state index in [1.807, 2.05) is 32.2 Å². The Morgan fingerprint density at radius 3 is 2.71 bits per heavy atom. The van der Waals surface area contributed by atoms with Crippen LogP contribution < -0.4 is 10.5 Å². The second-order valence-electron chi connectivity index (χ2n) is 4.42. The Bertz CT molecular complexity index is 587. The molecule has 0 bridgehead atoms. The van der Waals surface area contributed by atoms with Crippen molar-refractivity contribution in [2.45, 2.75) is 34.3 Å². The van der Waals surface area contributed by atoms with E-state index >= 15 is 0 Å². The van der Waals surface area contributed by atoms with Gasteiger partial charge in [0.25, 0.3) is 0 Å². The number of ether oxygens (including phenoxy) is 1. The monoisotopic (exact) mass is 341 g/mol. The Morgan fingerprint density at radius 1 is 1.33 bits per heavy atom. The van der Waals surface area contributed by atoms with E-state index in [0.29, 0.717) is 6.61 Å². The third-order valence-electron chi connectivity index (χ3n) is 2.82. The van der Waals surface area contributed by atoms with Crippen molar-refractivity contribution in [3.63, 3.8) is 0 Å². The van der Waals surface area contributed by atoms with Gasteiger partial charge in [-0.2, -0.15) is 0 Å². The van der Waals surface area contributed by atoms with Crippen molar-refractivity contribution in [1.82, 2.24) is 10.2 Å². The van der Waals surface area contributed by atoms with Crippen molar-refractivity contribution in [2.75, 3.05) is 12.9 Å². The van der Waals surface area contributed by atoms with E-state index in [1.165, 1.54) is 0 Å². The standard InChI is InChI=1S/C14H19N3OS3/c1-4-18-12-6-5-10(9(2)15)7-11(12)8-20-14-17-16-13(19-3)21-14/h5-7,9H,4,8,15H2,1-3H3. The predicted molar refractivity (Wildman–Crippen MR) is 91.5 cm³/mol. The molecular formula is C14H19N3OS3. The summed E-state index contributed by atoms with van der Waals surface area (Å²) < 4.78 is 7.67. The number of aromatic nitrogens is 2. The zero-order chi connectivity index (χ0) is 15.2. The van der Waals surface area contributed by atoms with Crippen LogP contribution in [0.25, 0.3) is 0 Å². The van der Waals surface area contributed by atoms with Crippen molar-refractivity contribution in [2.24, 2.45) is 5.73 Å². The second kappa shape index (κ2) is 8.03. The van der Waals surface area contributed by atoms with Crippen LogP contribution in [0.1, 0.15) is 31.0 Å². The average Bonchev–Trinajstić information content (AvgIpc) is 2.94. The van der Waals surface area contributed by atoms with Crippen molar-refractivity contribution in [1.29, 1.82) is 0 Å². The van der Waals surface area contributed by atoms with Crippen molar-refractivity contribution >= 4 is 34.9 Å². The molecule has 1 aromatic carbocycles. The third-order valence-corrected chi connectivity index (χ3v) is 5.90. The first-order valence-electron chi connectivity index (χ1n) is 6.65. The normalized spacial score (nSPS) is 12.4. The van der Waals surface area contributed by atoms with E-state index in [0.717, 1.165) is 31.3 Å². The van der Waals surface area contributed by atoms with Gasteiger partial charge in [0.15, 0.2) is 8.68 Å². The maximum Gasteiger partial charge on any atom is 0.175 e. The number of hydrogen-bond acceptors (Lipinski definition) is 7. The van der Waals surface area contributed by atoms with Crippen LogP contribution in [0.2, 0.25) is 0 Å². The summed E-state index contributed by atoms with van der Waals surface area (Å²) in [6.45, 7) is 4.64. The minimum absolute atomic E-state index is 0.0223. The van der Waals surface area contributed by atoms with Gasteiger partial charge in [-0.25, -0.2) is 0 Å². The molecule has 0 radical (unpaired) electrons. The molecule has 0 aliphatic heterocycles. The molecule has 2 N–H and O–H groups in total. The molecule has 1 unspecified atom stereocenters. The summed E-state index contributed by atoms with van der Waals surface area (Å²) in [5.41, 5.74) is 8.24. The molecule has 7 heteroatoms. The van der Waals surface area contributed by atoms with E-state index in [2.05, 4.69) is 16.3 Å². The maximum absolute atomic E-state index is 5.96. The van der Waals surface area contributed by atoms with Crippen LogP contribution in [-0.4, -0.2) is 23.1 Å². The van der Waals surface area contributed by atoms with Crippen molar-refractivity contribution in [3.05, 3.63) is 29.3 Å². The molecule has 0 spiro atoms. The molecule has 114 valence electrons. The fourth-order valence-electron chi connectivity index (χ4n) is 1.77. The summed E-state index contributed by atoms with van der Waals surface area (Å²) in [4.78, 5) is 0. The molecule has 1 aromatic heterocycles. The minimum atomic E-state index is 0.0223. The SMILES string of the molecule is CCOc1ccc(C(C)N)cc1CSc1nnc(SC)s1. The van der Waals surface area contributed by atoms with Gasteiger partial charge >= 0.3 is 0 Å². The third kappa shape index (κ3) is 4.60. The molecule has 4 nitrogen and oxygen atoms in total. The minimum Gasteiger partial charge on any atom is -0.494 e. The molecule has 21 heavy (non-hydrogen) atoms. The lowest BCUT2D eigenvalue weighted by atomic mass is 10.1. The summed E-state index contributed by atoms with van der Waals surface area (Å²) in [7, 11) is 0. The van der Waals surface area contributed by atoms with Crippen LogP contribution in [0.5, 0.6) is 5.75 Å². The van der Waals surface area contributed by atoms with Crippen LogP contribution in [-0.2, 0) is 5.75 Å². The lowest BCUT2D eigenvalue weighted by molar-refractivity contribution is 0.337. The van der Waals surface area contributed by atoms with Gasteiger partial charge in [0.2, 0.25) is 0 Å². The highest BCUT2D eigenvalue weighted by Crippen LogP contribution is 2.33. The summed E-state index contributed by atoms with van der Waals surface area (Å²) in [6.07, 6.45) is 2.01. The molecule has 2 rings (SSSR count). The van der Waals surface area contributed by atoms with Gasteiger partial charge in [-0.1, -0.05) is 40.9 Å². The first-order valence-corrected chi connectivity index (χ1v) is 9.68. The molecule has 2 aromatic rings. The molecule has 0 saturated carbocycles. The second-order valence-corrected chi connectivity index (χ2v) is 7.67. The first-order chi connectivity index (χ1) is 10.1. The lowest BCUT2D eigenvalue weighted by Crippen LogP contribution is -2.06. The van der Waals surface area contributed by atoms with Gasteiger partial charge in [-0.15, -0.1) is 10.2 Å². The zero-order valence-corrected chi connectivity index (χ0v) is 14.8.